The van der Waals surface area contributed by atoms with Gasteiger partial charge in [-0.05, 0) is 51.4 Å². The molecule has 0 aliphatic heterocycles. The van der Waals surface area contributed by atoms with Crippen molar-refractivity contribution in [3.8, 4) is 0 Å². The number of esters is 1. The van der Waals surface area contributed by atoms with E-state index in [2.05, 4.69) is 56.4 Å². The number of aliphatic hydroxyl groups is 2. The van der Waals surface area contributed by atoms with E-state index in [1.807, 2.05) is 6.08 Å². The number of ether oxygens (including phenoxy) is 3. The summed E-state index contributed by atoms with van der Waals surface area (Å²) < 4.78 is 15.8. The molecule has 3 atom stereocenters. The topological polar surface area (TPSA) is 119 Å². The molecule has 0 aromatic carbocycles. The average Bonchev–Trinajstić information content (AvgIpc) is 3.01. The first-order valence-electron chi connectivity index (χ1n) is 16.3. The second kappa shape index (κ2) is 30.9. The number of rotatable bonds is 30. The fourth-order valence-corrected chi connectivity index (χ4v) is 4.24. The van der Waals surface area contributed by atoms with Gasteiger partial charge in [0.15, 0.2) is 18.0 Å². The maximum absolute atomic E-state index is 12.7. The molecule has 0 amide bonds. The SMILES string of the molecule is CCCCCC=CCC=CCC=CCC=CCCCC(=O)OC(CO)COC(C(=O)CCCCCCC)C(CO)OC=O. The Kier molecular flexibility index (Phi) is 29.1. The molecule has 3 unspecified atom stereocenters. The lowest BCUT2D eigenvalue weighted by Gasteiger charge is -2.25. The average molecular weight is 607 g/mol. The number of hydrogen-bond donors (Lipinski definition) is 2. The number of aliphatic hydroxyl groups excluding tert-OH is 2. The van der Waals surface area contributed by atoms with Crippen LogP contribution < -0.4 is 0 Å². The Morgan fingerprint density at radius 1 is 0.674 bits per heavy atom. The van der Waals surface area contributed by atoms with Crippen molar-refractivity contribution in [1.29, 1.82) is 0 Å². The van der Waals surface area contributed by atoms with Gasteiger partial charge in [-0.3, -0.25) is 14.4 Å². The summed E-state index contributed by atoms with van der Waals surface area (Å²) in [6.07, 6.45) is 28.1. The van der Waals surface area contributed by atoms with Crippen LogP contribution in [0.15, 0.2) is 48.6 Å². The summed E-state index contributed by atoms with van der Waals surface area (Å²) in [5, 5.41) is 19.3. The Morgan fingerprint density at radius 2 is 1.23 bits per heavy atom. The number of ketones is 1. The van der Waals surface area contributed by atoms with E-state index < -0.39 is 37.5 Å². The highest BCUT2D eigenvalue weighted by atomic mass is 16.6. The van der Waals surface area contributed by atoms with Crippen molar-refractivity contribution in [3.05, 3.63) is 48.6 Å². The van der Waals surface area contributed by atoms with Crippen LogP contribution >= 0.6 is 0 Å². The molecule has 0 aliphatic rings. The van der Waals surface area contributed by atoms with E-state index in [0.717, 1.165) is 51.4 Å². The highest BCUT2D eigenvalue weighted by Gasteiger charge is 2.31. The van der Waals surface area contributed by atoms with E-state index in [1.54, 1.807) is 0 Å². The lowest BCUT2D eigenvalue weighted by Crippen LogP contribution is -2.43. The van der Waals surface area contributed by atoms with Crippen LogP contribution in [0.5, 0.6) is 0 Å². The van der Waals surface area contributed by atoms with Gasteiger partial charge in [-0.1, -0.05) is 101 Å². The smallest absolute Gasteiger partial charge is 0.306 e. The number of Topliss-reactive ketones (excluding diaryl/α,β-unsaturated/α-hetero) is 1. The number of unbranched alkanes of at least 4 members (excludes halogenated alkanes) is 8. The first-order chi connectivity index (χ1) is 21.0. The summed E-state index contributed by atoms with van der Waals surface area (Å²) >= 11 is 0. The van der Waals surface area contributed by atoms with Gasteiger partial charge in [0.2, 0.25) is 0 Å². The van der Waals surface area contributed by atoms with Crippen molar-refractivity contribution in [3.63, 3.8) is 0 Å². The Balaban J connectivity index is 4.32. The maximum atomic E-state index is 12.7. The standard InChI is InChI=1S/C35H58O8/c1-3-5-7-9-10-11-12-13-14-15-16-17-18-19-20-22-24-26-34(40)43-31(27-36)29-41-35(33(28-37)42-30-38)32(39)25-23-21-8-6-4-2/h10-11,13-14,16-17,19-20,30-31,33,35-37H,3-9,12,15,18,21-29H2,1-2H3. The third-order valence-electron chi connectivity index (χ3n) is 6.76. The second-order valence-electron chi connectivity index (χ2n) is 10.6. The molecule has 8 heteroatoms. The molecule has 0 aromatic rings. The molecule has 2 N–H and O–H groups in total. The van der Waals surface area contributed by atoms with Crippen molar-refractivity contribution >= 4 is 18.2 Å². The third kappa shape index (κ3) is 24.6. The zero-order valence-electron chi connectivity index (χ0n) is 26.7. The lowest BCUT2D eigenvalue weighted by atomic mass is 10.0. The molecular formula is C35H58O8. The molecule has 0 aliphatic carbocycles. The van der Waals surface area contributed by atoms with Crippen molar-refractivity contribution in [2.24, 2.45) is 0 Å². The van der Waals surface area contributed by atoms with Crippen LogP contribution in [0.3, 0.4) is 0 Å². The zero-order valence-corrected chi connectivity index (χ0v) is 26.7. The molecule has 0 saturated heterocycles. The van der Waals surface area contributed by atoms with Gasteiger partial charge in [-0.15, -0.1) is 0 Å². The minimum atomic E-state index is -1.20. The van der Waals surface area contributed by atoms with Crippen molar-refractivity contribution in [2.45, 2.75) is 135 Å². The van der Waals surface area contributed by atoms with Crippen molar-refractivity contribution in [2.75, 3.05) is 19.8 Å². The molecule has 0 bridgehead atoms. The predicted octanol–water partition coefficient (Wildman–Crippen LogP) is 6.88. The summed E-state index contributed by atoms with van der Waals surface area (Å²) in [5.74, 6) is -0.778. The third-order valence-corrected chi connectivity index (χ3v) is 6.76. The Hall–Kier alpha value is -2.55. The van der Waals surface area contributed by atoms with Crippen LogP contribution in [0.25, 0.3) is 0 Å². The van der Waals surface area contributed by atoms with Gasteiger partial charge in [0.1, 0.15) is 6.10 Å². The van der Waals surface area contributed by atoms with E-state index in [4.69, 9.17) is 14.2 Å². The first-order valence-corrected chi connectivity index (χ1v) is 16.3. The Labute approximate surface area is 260 Å². The monoisotopic (exact) mass is 606 g/mol. The molecule has 0 aromatic heterocycles. The van der Waals surface area contributed by atoms with Gasteiger partial charge >= 0.3 is 5.97 Å². The highest BCUT2D eigenvalue weighted by Crippen LogP contribution is 2.13. The molecule has 0 rings (SSSR count). The molecular weight excluding hydrogens is 548 g/mol. The van der Waals surface area contributed by atoms with E-state index >= 15 is 0 Å². The van der Waals surface area contributed by atoms with E-state index in [9.17, 15) is 24.6 Å². The van der Waals surface area contributed by atoms with Crippen LogP contribution in [-0.2, 0) is 28.6 Å². The van der Waals surface area contributed by atoms with E-state index in [0.29, 0.717) is 12.8 Å². The molecule has 0 heterocycles. The van der Waals surface area contributed by atoms with Gasteiger partial charge in [0.05, 0.1) is 19.8 Å². The molecule has 246 valence electrons. The maximum Gasteiger partial charge on any atom is 0.306 e. The molecule has 0 radical (unpaired) electrons. The summed E-state index contributed by atoms with van der Waals surface area (Å²) in [4.78, 5) is 35.8. The van der Waals surface area contributed by atoms with Crippen LogP contribution in [0, 0.1) is 0 Å². The number of allylic oxidation sites excluding steroid dienone is 8. The molecule has 0 fully saturated rings. The van der Waals surface area contributed by atoms with Crippen molar-refractivity contribution in [1.82, 2.24) is 0 Å². The largest absolute Gasteiger partial charge is 0.459 e. The Morgan fingerprint density at radius 3 is 1.79 bits per heavy atom. The van der Waals surface area contributed by atoms with Crippen LogP contribution in [-0.4, -0.2) is 66.6 Å². The van der Waals surface area contributed by atoms with Gasteiger partial charge in [0, 0.05) is 12.8 Å². The summed E-state index contributed by atoms with van der Waals surface area (Å²) in [6.45, 7) is 3.15. The first kappa shape index (κ1) is 40.5. The molecule has 8 nitrogen and oxygen atoms in total. The quantitative estimate of drug-likeness (QED) is 0.0393. The fourth-order valence-electron chi connectivity index (χ4n) is 4.24. The fraction of sp³-hybridized carbons (Fsp3) is 0.686. The van der Waals surface area contributed by atoms with E-state index in [-0.39, 0.29) is 31.7 Å². The van der Waals surface area contributed by atoms with Gasteiger partial charge < -0.3 is 24.4 Å². The molecule has 43 heavy (non-hydrogen) atoms. The Bertz CT molecular complexity index is 802. The van der Waals surface area contributed by atoms with Gasteiger partial charge in [-0.25, -0.2) is 0 Å². The van der Waals surface area contributed by atoms with Crippen molar-refractivity contribution < 1.29 is 38.8 Å². The minimum Gasteiger partial charge on any atom is -0.459 e. The number of carbonyl (C=O) groups excluding carboxylic acids is 3. The van der Waals surface area contributed by atoms with Crippen LogP contribution in [0.2, 0.25) is 0 Å². The second-order valence-corrected chi connectivity index (χ2v) is 10.6. The molecule has 0 saturated carbocycles. The summed E-state index contributed by atoms with van der Waals surface area (Å²) in [6, 6.07) is 0. The van der Waals surface area contributed by atoms with Crippen LogP contribution in [0.4, 0.5) is 0 Å². The van der Waals surface area contributed by atoms with Gasteiger partial charge in [-0.2, -0.15) is 0 Å². The van der Waals surface area contributed by atoms with Crippen LogP contribution in [0.1, 0.15) is 117 Å². The van der Waals surface area contributed by atoms with Gasteiger partial charge in [0.25, 0.3) is 6.47 Å². The lowest BCUT2D eigenvalue weighted by molar-refractivity contribution is -0.166. The number of hydrogen-bond acceptors (Lipinski definition) is 8. The summed E-state index contributed by atoms with van der Waals surface area (Å²) in [5.41, 5.74) is 0. The minimum absolute atomic E-state index is 0.161. The highest BCUT2D eigenvalue weighted by molar-refractivity contribution is 5.83. The number of carbonyl (C=O) groups is 3. The summed E-state index contributed by atoms with van der Waals surface area (Å²) in [7, 11) is 0. The normalized spacial score (nSPS) is 14.1. The molecule has 0 spiro atoms. The zero-order chi connectivity index (χ0) is 31.8. The van der Waals surface area contributed by atoms with E-state index in [1.165, 1.54) is 25.7 Å². The predicted molar refractivity (Wildman–Crippen MR) is 172 cm³/mol.